The van der Waals surface area contributed by atoms with E-state index in [4.69, 9.17) is 11.6 Å². The molecule has 5 heteroatoms. The van der Waals surface area contributed by atoms with Crippen LogP contribution in [-0.2, 0) is 0 Å². The largest absolute Gasteiger partial charge is 0.624 e. The molecule has 0 radical (unpaired) electrons. The van der Waals surface area contributed by atoms with Gasteiger partial charge in [-0.3, -0.25) is 4.98 Å². The van der Waals surface area contributed by atoms with Gasteiger partial charge in [0.1, 0.15) is 13.1 Å². The van der Waals surface area contributed by atoms with Gasteiger partial charge >= 0.3 is 0 Å². The first kappa shape index (κ1) is 10.4. The zero-order valence-corrected chi connectivity index (χ0v) is 9.37. The normalized spacial score (nSPS) is 12.4. The van der Waals surface area contributed by atoms with Crippen LogP contribution in [0.5, 0.6) is 0 Å². The molecule has 1 unspecified atom stereocenters. The Kier molecular flexibility index (Phi) is 3.17. The number of nitrogens with one attached hydrogen (secondary N) is 1. The third-order valence-electron chi connectivity index (χ3n) is 1.86. The van der Waals surface area contributed by atoms with Gasteiger partial charge in [0.05, 0.1) is 0 Å². The Balaban J connectivity index is 2.60. The number of nitrogens with zero attached hydrogens (tertiary/aromatic N) is 1. The zero-order chi connectivity index (χ0) is 10.7. The summed E-state index contributed by atoms with van der Waals surface area (Å²) in [6.45, 7) is 0. The van der Waals surface area contributed by atoms with Crippen LogP contribution in [0.2, 0.25) is 5.28 Å². The smallest absolute Gasteiger partial charge is 0.217 e. The predicted octanol–water partition coefficient (Wildman–Crippen LogP) is 1.68. The van der Waals surface area contributed by atoms with Gasteiger partial charge in [-0.25, -0.2) is 4.98 Å². The van der Waals surface area contributed by atoms with E-state index >= 15 is 0 Å². The molecule has 0 bridgehead atoms. The van der Waals surface area contributed by atoms with Crippen LogP contribution in [0, 0.1) is 5.07 Å². The minimum absolute atomic E-state index is 0.242. The molecule has 76 valence electrons. The SMILES string of the molecule is [O-]/[P+](c1ccccc1)=c1/ccnc(Cl)[nH]1. The van der Waals surface area contributed by atoms with Crippen molar-refractivity contribution in [3.63, 3.8) is 0 Å². The highest BCUT2D eigenvalue weighted by Crippen LogP contribution is 2.15. The molecule has 2 rings (SSSR count). The number of hydrogen-bond donors (Lipinski definition) is 1. The maximum absolute atomic E-state index is 12.0. The third-order valence-corrected chi connectivity index (χ3v) is 3.52. The molecule has 1 N–H and O–H groups in total. The van der Waals surface area contributed by atoms with Gasteiger partial charge in [-0.15, -0.1) is 0 Å². The van der Waals surface area contributed by atoms with Gasteiger partial charge in [0.15, 0.2) is 0 Å². The summed E-state index contributed by atoms with van der Waals surface area (Å²) in [5.74, 6) is 0. The molecule has 0 aliphatic heterocycles. The van der Waals surface area contributed by atoms with Crippen molar-refractivity contribution in [2.75, 3.05) is 0 Å². The minimum atomic E-state index is -1.62. The molecule has 0 spiro atoms. The summed E-state index contributed by atoms with van der Waals surface area (Å²) in [4.78, 5) is 18.6. The van der Waals surface area contributed by atoms with Gasteiger partial charge in [0, 0.05) is 12.3 Å². The number of halogens is 1. The molecular formula is C10H8ClN2OP. The molecule has 1 atom stereocenters. The summed E-state index contributed by atoms with van der Waals surface area (Å²) in [7, 11) is -1.62. The van der Waals surface area contributed by atoms with E-state index in [9.17, 15) is 4.89 Å². The monoisotopic (exact) mass is 238 g/mol. The Bertz CT molecular complexity index is 524. The first-order valence-corrected chi connectivity index (χ1v) is 5.97. The molecule has 0 saturated heterocycles. The molecule has 1 heterocycles. The number of rotatable bonds is 1. The van der Waals surface area contributed by atoms with Crippen LogP contribution in [0.15, 0.2) is 42.6 Å². The average Bonchev–Trinajstić information content (AvgIpc) is 2.29. The van der Waals surface area contributed by atoms with Crippen LogP contribution >= 0.6 is 19.4 Å². The van der Waals surface area contributed by atoms with E-state index in [-0.39, 0.29) is 5.28 Å². The topological polar surface area (TPSA) is 51.7 Å². The van der Waals surface area contributed by atoms with Gasteiger partial charge in [-0.1, -0.05) is 18.2 Å². The van der Waals surface area contributed by atoms with Gasteiger partial charge in [-0.05, 0) is 23.7 Å². The predicted molar refractivity (Wildman–Crippen MR) is 59.8 cm³/mol. The Hall–Kier alpha value is -1.15. The maximum atomic E-state index is 12.0. The lowest BCUT2D eigenvalue weighted by Crippen LogP contribution is -2.05. The van der Waals surface area contributed by atoms with Crippen LogP contribution in [0.25, 0.3) is 0 Å². The Morgan fingerprint density at radius 3 is 2.60 bits per heavy atom. The Morgan fingerprint density at radius 1 is 1.20 bits per heavy atom. The summed E-state index contributed by atoms with van der Waals surface area (Å²) in [6.07, 6.45) is 1.53. The van der Waals surface area contributed by atoms with Crippen LogP contribution in [0.1, 0.15) is 0 Å². The third kappa shape index (κ3) is 2.45. The Morgan fingerprint density at radius 2 is 1.93 bits per heavy atom. The highest BCUT2D eigenvalue weighted by Gasteiger charge is 2.03. The summed E-state index contributed by atoms with van der Waals surface area (Å²) in [5, 5.41) is 1.59. The number of aromatic nitrogens is 2. The van der Waals surface area contributed by atoms with Crippen LogP contribution in [0.4, 0.5) is 0 Å². The number of H-pyrrole nitrogens is 1. The molecular weight excluding hydrogens is 231 g/mol. The molecule has 1 aromatic heterocycles. The van der Waals surface area contributed by atoms with Crippen molar-refractivity contribution in [3.05, 3.63) is 52.9 Å². The molecule has 0 saturated carbocycles. The molecule has 0 aliphatic carbocycles. The first-order valence-electron chi connectivity index (χ1n) is 4.33. The number of benzene rings is 1. The quantitative estimate of drug-likeness (QED) is 0.607. The molecule has 3 nitrogen and oxygen atoms in total. The van der Waals surface area contributed by atoms with E-state index in [0.717, 1.165) is 5.30 Å². The van der Waals surface area contributed by atoms with Crippen LogP contribution < -0.4 is 10.2 Å². The zero-order valence-electron chi connectivity index (χ0n) is 7.72. The molecule has 2 aromatic rings. The maximum Gasteiger partial charge on any atom is 0.217 e. The lowest BCUT2D eigenvalue weighted by molar-refractivity contribution is -0.151. The second-order valence-corrected chi connectivity index (χ2v) is 4.82. The van der Waals surface area contributed by atoms with Crippen molar-refractivity contribution in [2.24, 2.45) is 0 Å². The van der Waals surface area contributed by atoms with E-state index < -0.39 is 7.77 Å². The lowest BCUT2D eigenvalue weighted by atomic mass is 10.4. The van der Waals surface area contributed by atoms with E-state index in [1.807, 2.05) is 30.3 Å². The Labute approximate surface area is 92.9 Å². The molecule has 15 heavy (non-hydrogen) atoms. The van der Waals surface area contributed by atoms with E-state index in [1.54, 1.807) is 6.07 Å². The van der Waals surface area contributed by atoms with Crippen molar-refractivity contribution in [3.8, 4) is 0 Å². The highest BCUT2D eigenvalue weighted by molar-refractivity contribution is 7.50. The summed E-state index contributed by atoms with van der Waals surface area (Å²) >= 11 is 5.68. The standard InChI is InChI=1S/C10H8ClN2OP/c11-10-12-7-6-9(13-10)15(14)8-4-2-1-3-5-8/h1-7H,(H,12,13). The first-order chi connectivity index (χ1) is 7.27. The summed E-state index contributed by atoms with van der Waals surface area (Å²) in [5.41, 5.74) is 0. The van der Waals surface area contributed by atoms with Gasteiger partial charge < -0.3 is 4.89 Å². The second kappa shape index (κ2) is 4.58. The fraction of sp³-hybridized carbons (Fsp3) is 0. The second-order valence-electron chi connectivity index (χ2n) is 2.88. The van der Waals surface area contributed by atoms with Crippen molar-refractivity contribution < 1.29 is 4.89 Å². The van der Waals surface area contributed by atoms with Crippen molar-refractivity contribution in [1.82, 2.24) is 9.97 Å². The van der Waals surface area contributed by atoms with E-state index in [2.05, 4.69) is 9.97 Å². The van der Waals surface area contributed by atoms with Crippen molar-refractivity contribution in [1.29, 1.82) is 0 Å². The van der Waals surface area contributed by atoms with Crippen LogP contribution in [0.3, 0.4) is 0 Å². The minimum Gasteiger partial charge on any atom is -0.624 e. The van der Waals surface area contributed by atoms with Crippen LogP contribution in [-0.4, -0.2) is 9.97 Å². The van der Waals surface area contributed by atoms with Gasteiger partial charge in [-0.2, -0.15) is 0 Å². The molecule has 1 aromatic carbocycles. The van der Waals surface area contributed by atoms with Crippen molar-refractivity contribution >= 4 is 24.7 Å². The molecule has 0 fully saturated rings. The fourth-order valence-corrected chi connectivity index (χ4v) is 2.53. The lowest BCUT2D eigenvalue weighted by Gasteiger charge is -1.97. The molecule has 0 amide bonds. The average molecular weight is 239 g/mol. The van der Waals surface area contributed by atoms with E-state index in [0.29, 0.717) is 5.07 Å². The molecule has 0 aliphatic rings. The fourth-order valence-electron chi connectivity index (χ4n) is 1.17. The van der Waals surface area contributed by atoms with Gasteiger partial charge in [0.25, 0.3) is 0 Å². The number of hydrogen-bond acceptors (Lipinski definition) is 2. The number of aromatic amines is 1. The van der Waals surface area contributed by atoms with E-state index in [1.165, 1.54) is 6.20 Å². The van der Waals surface area contributed by atoms with Crippen molar-refractivity contribution in [2.45, 2.75) is 0 Å². The van der Waals surface area contributed by atoms with Gasteiger partial charge in [0.2, 0.25) is 10.4 Å². The summed E-state index contributed by atoms with van der Waals surface area (Å²) in [6, 6.07) is 10.9. The highest BCUT2D eigenvalue weighted by atomic mass is 35.5. The summed E-state index contributed by atoms with van der Waals surface area (Å²) < 4.78 is 0.